The number of hydrogen-bond donors (Lipinski definition) is 1. The number of aromatic nitrogens is 1. The number of nitrogens with zero attached hydrogens (tertiary/aromatic N) is 3. The molecule has 2 aromatic heterocycles. The van der Waals surface area contributed by atoms with E-state index in [1.165, 1.54) is 0 Å². The summed E-state index contributed by atoms with van der Waals surface area (Å²) < 4.78 is 6.13. The number of hydrazine groups is 1. The molecule has 2 fully saturated rings. The van der Waals surface area contributed by atoms with Crippen molar-refractivity contribution in [3.8, 4) is 17.6 Å². The van der Waals surface area contributed by atoms with E-state index in [0.717, 1.165) is 74.9 Å². The van der Waals surface area contributed by atoms with E-state index in [2.05, 4.69) is 16.8 Å². The van der Waals surface area contributed by atoms with E-state index in [1.807, 2.05) is 45.0 Å². The lowest BCUT2D eigenvalue weighted by atomic mass is 9.88. The number of amides is 1. The molecule has 0 unspecified atom stereocenters. The molecule has 0 aromatic carbocycles. The molecule has 4 rings (SSSR count). The largest absolute Gasteiger partial charge is 0.489 e. The molecule has 2 heterocycles. The molecule has 0 spiro atoms. The first kappa shape index (κ1) is 28.1. The predicted molar refractivity (Wildman–Crippen MR) is 150 cm³/mol. The van der Waals surface area contributed by atoms with Crippen LogP contribution in [0, 0.1) is 23.2 Å². The lowest BCUT2D eigenvalue weighted by Crippen LogP contribution is -2.53. The number of anilines is 1. The highest BCUT2D eigenvalue weighted by Crippen LogP contribution is 2.37. The average molecular weight is 538 g/mol. The van der Waals surface area contributed by atoms with Gasteiger partial charge in [-0.2, -0.15) is 0 Å². The quantitative estimate of drug-likeness (QED) is 0.326. The van der Waals surface area contributed by atoms with Crippen molar-refractivity contribution in [3.05, 3.63) is 40.3 Å². The highest BCUT2D eigenvalue weighted by Gasteiger charge is 2.37. The number of carboxylic acid groups (broad SMARTS) is 1. The summed E-state index contributed by atoms with van der Waals surface area (Å²) in [5.74, 6) is 5.99. The fraction of sp³-hybridized carbons (Fsp3) is 0.567. The number of rotatable bonds is 7. The second-order valence-corrected chi connectivity index (χ2v) is 12.5. The Kier molecular flexibility index (Phi) is 9.11. The first-order valence-corrected chi connectivity index (χ1v) is 14.5. The van der Waals surface area contributed by atoms with E-state index >= 15 is 0 Å². The Morgan fingerprint density at radius 2 is 1.82 bits per heavy atom. The van der Waals surface area contributed by atoms with Gasteiger partial charge in [-0.1, -0.05) is 31.1 Å². The third-order valence-corrected chi connectivity index (χ3v) is 8.31. The van der Waals surface area contributed by atoms with Gasteiger partial charge >= 0.3 is 5.97 Å². The maximum atomic E-state index is 14.0. The van der Waals surface area contributed by atoms with Gasteiger partial charge in [0.15, 0.2) is 0 Å². The minimum Gasteiger partial charge on any atom is -0.489 e. The molecule has 0 bridgehead atoms. The third kappa shape index (κ3) is 7.15. The van der Waals surface area contributed by atoms with Crippen molar-refractivity contribution in [2.75, 3.05) is 12.1 Å². The number of pyridine rings is 1. The minimum absolute atomic E-state index is 0.00318. The molecule has 1 N–H and O–H groups in total. The molecule has 0 aliphatic heterocycles. The molecule has 2 aliphatic rings. The number of carbonyl (C=O) groups is 2. The fourth-order valence-corrected chi connectivity index (χ4v) is 6.11. The summed E-state index contributed by atoms with van der Waals surface area (Å²) in [6.45, 7) is 6.06. The van der Waals surface area contributed by atoms with Crippen LogP contribution in [-0.4, -0.2) is 46.2 Å². The van der Waals surface area contributed by atoms with Gasteiger partial charge in [-0.15, -0.1) is 11.3 Å². The van der Waals surface area contributed by atoms with Gasteiger partial charge in [0.05, 0.1) is 22.9 Å². The molecule has 8 heteroatoms. The van der Waals surface area contributed by atoms with E-state index < -0.39 is 5.97 Å². The van der Waals surface area contributed by atoms with Crippen molar-refractivity contribution in [1.29, 1.82) is 0 Å². The molecule has 2 saturated carbocycles. The number of ether oxygens (including phenoxy) is 1. The van der Waals surface area contributed by atoms with Gasteiger partial charge in [0, 0.05) is 30.6 Å². The summed E-state index contributed by atoms with van der Waals surface area (Å²) in [5, 5.41) is 13.8. The Morgan fingerprint density at radius 3 is 2.42 bits per heavy atom. The lowest BCUT2D eigenvalue weighted by Gasteiger charge is -2.42. The highest BCUT2D eigenvalue weighted by atomic mass is 32.1. The monoisotopic (exact) mass is 537 g/mol. The normalized spacial score (nSPS) is 20.4. The molecule has 204 valence electrons. The number of aromatic carboxylic acids is 1. The molecule has 2 aliphatic carbocycles. The summed E-state index contributed by atoms with van der Waals surface area (Å²) in [4.78, 5) is 31.3. The maximum Gasteiger partial charge on any atom is 0.348 e. The number of carboxylic acids is 1. The Bertz CT molecular complexity index is 1160. The Labute approximate surface area is 230 Å². The smallest absolute Gasteiger partial charge is 0.348 e. The molecule has 38 heavy (non-hydrogen) atoms. The Morgan fingerprint density at radius 1 is 1.11 bits per heavy atom. The second-order valence-electron chi connectivity index (χ2n) is 11.4. The number of carbonyl (C=O) groups excluding carboxylic acids is 1. The SMILES string of the molecule is CN(C1CCC(Oc2cccnc2)CC1)N(C(=O)C1CCCCC1)c1cc(C#CC(C)(C)C)sc1C(=O)O. The summed E-state index contributed by atoms with van der Waals surface area (Å²) >= 11 is 1.15. The van der Waals surface area contributed by atoms with Gasteiger partial charge in [-0.25, -0.2) is 14.8 Å². The molecular weight excluding hydrogens is 498 g/mol. The average Bonchev–Trinajstić information content (AvgIpc) is 3.33. The van der Waals surface area contributed by atoms with Crippen molar-refractivity contribution in [2.24, 2.45) is 11.3 Å². The highest BCUT2D eigenvalue weighted by molar-refractivity contribution is 7.15. The van der Waals surface area contributed by atoms with Crippen LogP contribution in [0.15, 0.2) is 30.6 Å². The van der Waals surface area contributed by atoms with Gasteiger partial charge in [-0.05, 0) is 77.5 Å². The molecule has 1 amide bonds. The molecular formula is C30H39N3O4S. The van der Waals surface area contributed by atoms with E-state index in [1.54, 1.807) is 23.5 Å². The van der Waals surface area contributed by atoms with E-state index in [9.17, 15) is 14.7 Å². The molecule has 0 atom stereocenters. The molecule has 0 saturated heterocycles. The zero-order valence-electron chi connectivity index (χ0n) is 22.9. The van der Waals surface area contributed by atoms with Crippen LogP contribution in [-0.2, 0) is 4.79 Å². The van der Waals surface area contributed by atoms with Gasteiger partial charge in [0.25, 0.3) is 0 Å². The van der Waals surface area contributed by atoms with Gasteiger partial charge in [0.2, 0.25) is 5.91 Å². The van der Waals surface area contributed by atoms with Crippen molar-refractivity contribution in [2.45, 2.75) is 90.7 Å². The van der Waals surface area contributed by atoms with Crippen LogP contribution in [0.4, 0.5) is 5.69 Å². The number of hydrogen-bond acceptors (Lipinski definition) is 6. The van der Waals surface area contributed by atoms with Crippen LogP contribution < -0.4 is 9.75 Å². The zero-order chi connectivity index (χ0) is 27.3. The third-order valence-electron chi connectivity index (χ3n) is 7.28. The van der Waals surface area contributed by atoms with E-state index in [-0.39, 0.29) is 34.3 Å². The van der Waals surface area contributed by atoms with Crippen molar-refractivity contribution in [3.63, 3.8) is 0 Å². The van der Waals surface area contributed by atoms with Gasteiger partial charge in [0.1, 0.15) is 10.6 Å². The zero-order valence-corrected chi connectivity index (χ0v) is 23.7. The molecule has 2 aromatic rings. The molecule has 0 radical (unpaired) electrons. The van der Waals surface area contributed by atoms with Crippen LogP contribution in [0.1, 0.15) is 93.1 Å². The van der Waals surface area contributed by atoms with Crippen LogP contribution >= 0.6 is 11.3 Å². The fourth-order valence-electron chi connectivity index (χ4n) is 5.28. The van der Waals surface area contributed by atoms with Crippen LogP contribution in [0.2, 0.25) is 0 Å². The minimum atomic E-state index is -1.03. The van der Waals surface area contributed by atoms with E-state index in [0.29, 0.717) is 10.6 Å². The predicted octanol–water partition coefficient (Wildman–Crippen LogP) is 6.39. The van der Waals surface area contributed by atoms with Crippen molar-refractivity contribution in [1.82, 2.24) is 9.99 Å². The van der Waals surface area contributed by atoms with Crippen molar-refractivity contribution < 1.29 is 19.4 Å². The topological polar surface area (TPSA) is 83.0 Å². The van der Waals surface area contributed by atoms with Crippen LogP contribution in [0.3, 0.4) is 0 Å². The summed E-state index contributed by atoms with van der Waals surface area (Å²) in [7, 11) is 1.93. The summed E-state index contributed by atoms with van der Waals surface area (Å²) in [6, 6.07) is 5.67. The Hall–Kier alpha value is -2.89. The van der Waals surface area contributed by atoms with Crippen LogP contribution in [0.5, 0.6) is 5.75 Å². The maximum absolute atomic E-state index is 14.0. The summed E-state index contributed by atoms with van der Waals surface area (Å²) in [6.07, 6.45) is 11.9. The molecule has 7 nitrogen and oxygen atoms in total. The van der Waals surface area contributed by atoms with Crippen molar-refractivity contribution >= 4 is 28.9 Å². The second kappa shape index (κ2) is 12.3. The number of thiophene rings is 1. The van der Waals surface area contributed by atoms with Crippen LogP contribution in [0.25, 0.3) is 0 Å². The first-order chi connectivity index (χ1) is 18.1. The summed E-state index contributed by atoms with van der Waals surface area (Å²) in [5.41, 5.74) is 0.228. The first-order valence-electron chi connectivity index (χ1n) is 13.7. The standard InChI is InChI=1S/C30H39N3O4S/c1-30(2,3)17-16-25-19-26(27(38-25)29(35)36)33(28(34)21-9-6-5-7-10-21)32(4)22-12-14-23(15-13-22)37-24-11-8-18-31-20-24/h8,11,18-23H,5-7,9-10,12-15H2,1-4H3,(H,35,36). The van der Waals surface area contributed by atoms with E-state index in [4.69, 9.17) is 4.74 Å². The Balaban J connectivity index is 1.59. The lowest BCUT2D eigenvalue weighted by molar-refractivity contribution is -0.127. The van der Waals surface area contributed by atoms with Gasteiger partial charge < -0.3 is 9.84 Å². The van der Waals surface area contributed by atoms with Gasteiger partial charge in [-0.3, -0.25) is 9.78 Å².